The van der Waals surface area contributed by atoms with Crippen molar-refractivity contribution >= 4 is 0 Å². The minimum absolute atomic E-state index is 0.692. The van der Waals surface area contributed by atoms with E-state index in [0.29, 0.717) is 6.04 Å². The maximum absolute atomic E-state index is 3.71. The van der Waals surface area contributed by atoms with Gasteiger partial charge in [-0.1, -0.05) is 27.2 Å². The van der Waals surface area contributed by atoms with E-state index in [1.165, 1.54) is 51.7 Å². The summed E-state index contributed by atoms with van der Waals surface area (Å²) in [5.41, 5.74) is 0. The zero-order valence-electron chi connectivity index (χ0n) is 12.6. The molecule has 2 aliphatic rings. The van der Waals surface area contributed by atoms with Crippen molar-refractivity contribution in [3.63, 3.8) is 0 Å². The van der Waals surface area contributed by atoms with Crippen molar-refractivity contribution in [2.45, 2.75) is 58.9 Å². The zero-order valence-corrected chi connectivity index (χ0v) is 12.6. The minimum Gasteiger partial charge on any atom is -0.313 e. The maximum atomic E-state index is 3.71. The first-order valence-corrected chi connectivity index (χ1v) is 8.18. The third-order valence-electron chi connectivity index (χ3n) is 4.68. The molecule has 0 aromatic carbocycles. The monoisotopic (exact) mass is 252 g/mol. The van der Waals surface area contributed by atoms with Gasteiger partial charge in [0.15, 0.2) is 0 Å². The average Bonchev–Trinajstić information content (AvgIpc) is 3.23. The SMILES string of the molecule is CCNC(CN(CC1CC1)CC1CC1)C(C)CC. The van der Waals surface area contributed by atoms with Crippen LogP contribution < -0.4 is 5.32 Å². The Hall–Kier alpha value is -0.0800. The molecule has 0 aliphatic heterocycles. The highest BCUT2D eigenvalue weighted by atomic mass is 15.2. The molecule has 2 saturated carbocycles. The second-order valence-corrected chi connectivity index (χ2v) is 6.65. The topological polar surface area (TPSA) is 15.3 Å². The van der Waals surface area contributed by atoms with Crippen molar-refractivity contribution in [3.8, 4) is 0 Å². The Bertz CT molecular complexity index is 219. The van der Waals surface area contributed by atoms with E-state index >= 15 is 0 Å². The molecule has 0 saturated heterocycles. The van der Waals surface area contributed by atoms with Crippen LogP contribution in [0.3, 0.4) is 0 Å². The van der Waals surface area contributed by atoms with E-state index in [0.717, 1.165) is 24.3 Å². The van der Waals surface area contributed by atoms with Crippen molar-refractivity contribution < 1.29 is 0 Å². The number of likely N-dealkylation sites (N-methyl/N-ethyl adjacent to an activating group) is 1. The van der Waals surface area contributed by atoms with E-state index in [2.05, 4.69) is 31.0 Å². The molecular formula is C16H32N2. The summed E-state index contributed by atoms with van der Waals surface area (Å²) in [6.45, 7) is 12.1. The van der Waals surface area contributed by atoms with Crippen LogP contribution in [0.2, 0.25) is 0 Å². The molecule has 2 rings (SSSR count). The second kappa shape index (κ2) is 6.91. The highest BCUT2D eigenvalue weighted by Gasteiger charge is 2.30. The fourth-order valence-electron chi connectivity index (χ4n) is 2.83. The van der Waals surface area contributed by atoms with Crippen molar-refractivity contribution in [2.75, 3.05) is 26.2 Å². The van der Waals surface area contributed by atoms with Gasteiger partial charge in [-0.05, 0) is 50.0 Å². The Morgan fingerprint density at radius 2 is 1.61 bits per heavy atom. The fraction of sp³-hybridized carbons (Fsp3) is 1.00. The summed E-state index contributed by atoms with van der Waals surface area (Å²) >= 11 is 0. The van der Waals surface area contributed by atoms with Crippen LogP contribution in [0, 0.1) is 17.8 Å². The van der Waals surface area contributed by atoms with Crippen molar-refractivity contribution in [2.24, 2.45) is 17.8 Å². The van der Waals surface area contributed by atoms with E-state index < -0.39 is 0 Å². The summed E-state index contributed by atoms with van der Waals surface area (Å²) in [7, 11) is 0. The van der Waals surface area contributed by atoms with Gasteiger partial charge in [0.05, 0.1) is 0 Å². The molecule has 0 radical (unpaired) electrons. The second-order valence-electron chi connectivity index (χ2n) is 6.65. The van der Waals surface area contributed by atoms with Gasteiger partial charge in [-0.2, -0.15) is 0 Å². The van der Waals surface area contributed by atoms with Crippen molar-refractivity contribution in [3.05, 3.63) is 0 Å². The Labute approximate surface area is 114 Å². The molecule has 2 nitrogen and oxygen atoms in total. The summed E-state index contributed by atoms with van der Waals surface area (Å²) in [6.07, 6.45) is 7.22. The molecule has 18 heavy (non-hydrogen) atoms. The van der Waals surface area contributed by atoms with Crippen LogP contribution in [-0.2, 0) is 0 Å². The van der Waals surface area contributed by atoms with Crippen LogP contribution in [0.1, 0.15) is 52.9 Å². The van der Waals surface area contributed by atoms with E-state index in [4.69, 9.17) is 0 Å². The number of hydrogen-bond acceptors (Lipinski definition) is 2. The van der Waals surface area contributed by atoms with E-state index in [-0.39, 0.29) is 0 Å². The Morgan fingerprint density at radius 1 is 1.06 bits per heavy atom. The largest absolute Gasteiger partial charge is 0.313 e. The fourth-order valence-corrected chi connectivity index (χ4v) is 2.83. The van der Waals surface area contributed by atoms with Crippen LogP contribution in [0.15, 0.2) is 0 Å². The maximum Gasteiger partial charge on any atom is 0.0220 e. The third kappa shape index (κ3) is 4.89. The van der Waals surface area contributed by atoms with Gasteiger partial charge >= 0.3 is 0 Å². The Balaban J connectivity index is 1.81. The van der Waals surface area contributed by atoms with Gasteiger partial charge < -0.3 is 10.2 Å². The van der Waals surface area contributed by atoms with Crippen molar-refractivity contribution in [1.29, 1.82) is 0 Å². The number of nitrogens with zero attached hydrogens (tertiary/aromatic N) is 1. The van der Waals surface area contributed by atoms with Crippen LogP contribution in [-0.4, -0.2) is 37.1 Å². The molecule has 0 aromatic heterocycles. The average molecular weight is 252 g/mol. The predicted octanol–water partition coefficient (Wildman–Crippen LogP) is 3.13. The lowest BCUT2D eigenvalue weighted by Crippen LogP contribution is -2.46. The lowest BCUT2D eigenvalue weighted by molar-refractivity contribution is 0.198. The highest BCUT2D eigenvalue weighted by Crippen LogP contribution is 2.34. The first-order chi connectivity index (χ1) is 8.72. The summed E-state index contributed by atoms with van der Waals surface area (Å²) < 4.78 is 0. The van der Waals surface area contributed by atoms with Gasteiger partial charge in [-0.3, -0.25) is 0 Å². The first-order valence-electron chi connectivity index (χ1n) is 8.18. The summed E-state index contributed by atoms with van der Waals surface area (Å²) in [6, 6.07) is 0.692. The lowest BCUT2D eigenvalue weighted by Gasteiger charge is -2.31. The number of hydrogen-bond donors (Lipinski definition) is 1. The summed E-state index contributed by atoms with van der Waals surface area (Å²) in [4.78, 5) is 2.77. The summed E-state index contributed by atoms with van der Waals surface area (Å²) in [5.74, 6) is 2.86. The molecule has 0 spiro atoms. The lowest BCUT2D eigenvalue weighted by atomic mass is 9.98. The van der Waals surface area contributed by atoms with Gasteiger partial charge in [0.2, 0.25) is 0 Å². The highest BCUT2D eigenvalue weighted by molar-refractivity contribution is 4.85. The predicted molar refractivity (Wildman–Crippen MR) is 78.8 cm³/mol. The van der Waals surface area contributed by atoms with Gasteiger partial charge in [0.25, 0.3) is 0 Å². The van der Waals surface area contributed by atoms with Gasteiger partial charge in [-0.25, -0.2) is 0 Å². The quantitative estimate of drug-likeness (QED) is 0.642. The van der Waals surface area contributed by atoms with E-state index in [1.807, 2.05) is 0 Å². The molecule has 0 heterocycles. The van der Waals surface area contributed by atoms with Gasteiger partial charge in [0, 0.05) is 25.7 Å². The number of rotatable bonds is 10. The molecule has 0 amide bonds. The third-order valence-corrected chi connectivity index (χ3v) is 4.68. The van der Waals surface area contributed by atoms with Crippen molar-refractivity contribution in [1.82, 2.24) is 10.2 Å². The normalized spacial score (nSPS) is 23.3. The van der Waals surface area contributed by atoms with E-state index in [1.54, 1.807) is 0 Å². The van der Waals surface area contributed by atoms with Gasteiger partial charge in [0.1, 0.15) is 0 Å². The Kier molecular flexibility index (Phi) is 5.50. The minimum atomic E-state index is 0.692. The molecule has 106 valence electrons. The summed E-state index contributed by atoms with van der Waals surface area (Å²) in [5, 5.41) is 3.71. The van der Waals surface area contributed by atoms with Gasteiger partial charge in [-0.15, -0.1) is 0 Å². The standard InChI is InChI=1S/C16H32N2/c1-4-13(3)16(17-5-2)12-18(10-14-6-7-14)11-15-8-9-15/h13-17H,4-12H2,1-3H3. The molecule has 2 fully saturated rings. The molecule has 2 unspecified atom stereocenters. The molecule has 2 heteroatoms. The van der Waals surface area contributed by atoms with Crippen LogP contribution in [0.5, 0.6) is 0 Å². The van der Waals surface area contributed by atoms with Crippen LogP contribution in [0.4, 0.5) is 0 Å². The first kappa shape index (κ1) is 14.3. The molecule has 2 atom stereocenters. The Morgan fingerprint density at radius 3 is 2.00 bits per heavy atom. The molecule has 2 aliphatic carbocycles. The molecule has 0 aromatic rings. The number of nitrogens with one attached hydrogen (secondary N) is 1. The molecule has 0 bridgehead atoms. The molecule has 1 N–H and O–H groups in total. The molecular weight excluding hydrogens is 220 g/mol. The zero-order chi connectivity index (χ0) is 13.0. The van der Waals surface area contributed by atoms with E-state index in [9.17, 15) is 0 Å². The smallest absolute Gasteiger partial charge is 0.0220 e. The van der Waals surface area contributed by atoms with Crippen LogP contribution in [0.25, 0.3) is 0 Å². The van der Waals surface area contributed by atoms with Crippen LogP contribution >= 0.6 is 0 Å².